The van der Waals surface area contributed by atoms with E-state index in [9.17, 15) is 32.3 Å². The van der Waals surface area contributed by atoms with Gasteiger partial charge in [0, 0.05) is 12.6 Å². The summed E-state index contributed by atoms with van der Waals surface area (Å²) in [6.45, 7) is 0.703. The van der Waals surface area contributed by atoms with Crippen LogP contribution in [-0.2, 0) is 0 Å². The Bertz CT molecular complexity index is 725. The van der Waals surface area contributed by atoms with Gasteiger partial charge in [-0.1, -0.05) is 0 Å². The Morgan fingerprint density at radius 1 is 1.41 bits per heavy atom. The highest BCUT2D eigenvalue weighted by Gasteiger charge is 2.39. The van der Waals surface area contributed by atoms with E-state index in [1.54, 1.807) is 0 Å². The van der Waals surface area contributed by atoms with Gasteiger partial charge in [0.2, 0.25) is 0 Å². The maximum Gasteiger partial charge on any atom is 0.425 e. The second kappa shape index (κ2) is 7.99. The Hall–Kier alpha value is -2.56. The van der Waals surface area contributed by atoms with Crippen LogP contribution in [0.1, 0.15) is 30.1 Å². The van der Waals surface area contributed by atoms with Crippen LogP contribution >= 0.6 is 0 Å². The molecule has 150 valence electrons. The number of likely N-dealkylation sites (tertiary alicyclic amines) is 1. The lowest BCUT2D eigenvalue weighted by Crippen LogP contribution is -2.40. The summed E-state index contributed by atoms with van der Waals surface area (Å²) in [6.07, 6.45) is -5.92. The third-order valence-corrected chi connectivity index (χ3v) is 4.15. The van der Waals surface area contributed by atoms with Gasteiger partial charge in [-0.05, 0) is 25.8 Å². The van der Waals surface area contributed by atoms with E-state index in [0.29, 0.717) is 38.4 Å². The second-order valence-electron chi connectivity index (χ2n) is 6.04. The minimum atomic E-state index is -4.77. The molecule has 27 heavy (non-hydrogen) atoms. The van der Waals surface area contributed by atoms with Crippen LogP contribution in [0.4, 0.5) is 28.0 Å². The van der Waals surface area contributed by atoms with Crippen molar-refractivity contribution in [3.05, 3.63) is 23.5 Å². The number of hydrogen-bond acceptors (Lipinski definition) is 4. The van der Waals surface area contributed by atoms with Gasteiger partial charge in [-0.15, -0.1) is 0 Å². The van der Waals surface area contributed by atoms with E-state index >= 15 is 0 Å². The standard InChI is InChI=1S/C16H18F4N2O5/c1-8(16(18,19)20)27-13-6-12(11(17)5-10(13)14(24)25)21-15(26)22-4-2-3-9(22)7-23/h5-6,8-9,23H,2-4,7H2,1H3,(H,21,26)(H,24,25). The number of rotatable bonds is 5. The molecule has 0 bridgehead atoms. The molecule has 1 aromatic rings. The molecule has 7 nitrogen and oxygen atoms in total. The van der Waals surface area contributed by atoms with E-state index in [0.717, 1.165) is 0 Å². The molecular formula is C16H18F4N2O5. The van der Waals surface area contributed by atoms with E-state index in [1.807, 2.05) is 0 Å². The summed E-state index contributed by atoms with van der Waals surface area (Å²) in [7, 11) is 0. The van der Waals surface area contributed by atoms with Crippen LogP contribution in [0.5, 0.6) is 5.75 Å². The van der Waals surface area contributed by atoms with Gasteiger partial charge in [0.05, 0.1) is 18.3 Å². The lowest BCUT2D eigenvalue weighted by atomic mass is 10.1. The molecule has 2 unspecified atom stereocenters. The summed E-state index contributed by atoms with van der Waals surface area (Å²) >= 11 is 0. The predicted molar refractivity (Wildman–Crippen MR) is 85.3 cm³/mol. The molecule has 2 amide bonds. The van der Waals surface area contributed by atoms with Gasteiger partial charge >= 0.3 is 18.2 Å². The van der Waals surface area contributed by atoms with Crippen LogP contribution < -0.4 is 10.1 Å². The van der Waals surface area contributed by atoms with Crippen molar-refractivity contribution in [2.24, 2.45) is 0 Å². The summed E-state index contributed by atoms with van der Waals surface area (Å²) in [5, 5.41) is 20.5. The molecule has 1 aromatic carbocycles. The number of carboxylic acids is 1. The first-order valence-electron chi connectivity index (χ1n) is 8.03. The molecule has 1 aliphatic rings. The number of carbonyl (C=O) groups excluding carboxylic acids is 1. The molecule has 1 heterocycles. The molecule has 0 spiro atoms. The van der Waals surface area contributed by atoms with Crippen LogP contribution in [0.2, 0.25) is 0 Å². The van der Waals surface area contributed by atoms with Gasteiger partial charge < -0.3 is 25.2 Å². The molecule has 1 saturated heterocycles. The molecule has 3 N–H and O–H groups in total. The number of ether oxygens (including phenoxy) is 1. The highest BCUT2D eigenvalue weighted by molar-refractivity contribution is 5.94. The monoisotopic (exact) mass is 394 g/mol. The number of urea groups is 1. The highest BCUT2D eigenvalue weighted by atomic mass is 19.4. The fourth-order valence-electron chi connectivity index (χ4n) is 2.65. The number of amides is 2. The van der Waals surface area contributed by atoms with Gasteiger partial charge in [0.1, 0.15) is 17.1 Å². The van der Waals surface area contributed by atoms with Crippen molar-refractivity contribution < 1.29 is 42.1 Å². The quantitative estimate of drug-likeness (QED) is 0.667. The Kier molecular flexibility index (Phi) is 6.14. The first kappa shape index (κ1) is 20.7. The molecule has 1 fully saturated rings. The third-order valence-electron chi connectivity index (χ3n) is 4.15. The molecule has 2 atom stereocenters. The Morgan fingerprint density at radius 2 is 2.07 bits per heavy atom. The SMILES string of the molecule is CC(Oc1cc(NC(=O)N2CCCC2CO)c(F)cc1C(=O)O)C(F)(F)F. The van der Waals surface area contributed by atoms with Crippen LogP contribution in [0, 0.1) is 5.82 Å². The van der Waals surface area contributed by atoms with E-state index in [2.05, 4.69) is 10.1 Å². The molecule has 0 radical (unpaired) electrons. The molecule has 1 aliphatic heterocycles. The number of alkyl halides is 3. The number of aliphatic hydroxyl groups is 1. The molecule has 0 aromatic heterocycles. The molecule has 11 heteroatoms. The smallest absolute Gasteiger partial charge is 0.425 e. The Labute approximate surface area is 151 Å². The number of carboxylic acid groups (broad SMARTS) is 1. The first-order valence-corrected chi connectivity index (χ1v) is 8.03. The zero-order chi connectivity index (χ0) is 20.4. The molecule has 0 aliphatic carbocycles. The van der Waals surface area contributed by atoms with Crippen molar-refractivity contribution in [1.29, 1.82) is 0 Å². The number of halogens is 4. The molecule has 0 saturated carbocycles. The normalized spacial score (nSPS) is 18.3. The summed E-state index contributed by atoms with van der Waals surface area (Å²) in [6, 6.07) is -0.0389. The summed E-state index contributed by atoms with van der Waals surface area (Å²) in [5.74, 6) is -3.56. The van der Waals surface area contributed by atoms with E-state index < -0.39 is 53.1 Å². The van der Waals surface area contributed by atoms with Crippen LogP contribution in [0.15, 0.2) is 12.1 Å². The summed E-state index contributed by atoms with van der Waals surface area (Å²) in [5.41, 5.74) is -1.34. The third kappa shape index (κ3) is 4.79. The largest absolute Gasteiger partial charge is 0.480 e. The van der Waals surface area contributed by atoms with Crippen molar-refractivity contribution in [3.8, 4) is 5.75 Å². The molecular weight excluding hydrogens is 376 g/mol. The second-order valence-corrected chi connectivity index (χ2v) is 6.04. The maximum atomic E-state index is 14.2. The van der Waals surface area contributed by atoms with Gasteiger partial charge in [0.15, 0.2) is 6.10 Å². The van der Waals surface area contributed by atoms with E-state index in [1.165, 1.54) is 4.90 Å². The fourth-order valence-corrected chi connectivity index (χ4v) is 2.65. The number of carbonyl (C=O) groups is 2. The number of nitrogens with one attached hydrogen (secondary N) is 1. The van der Waals surface area contributed by atoms with Gasteiger partial charge in [0.25, 0.3) is 0 Å². The number of hydrogen-bond donors (Lipinski definition) is 3. The number of nitrogens with zero attached hydrogens (tertiary/aromatic N) is 1. The number of benzene rings is 1. The van der Waals surface area contributed by atoms with Gasteiger partial charge in [-0.25, -0.2) is 14.0 Å². The zero-order valence-corrected chi connectivity index (χ0v) is 14.2. The van der Waals surface area contributed by atoms with Crippen molar-refractivity contribution in [2.45, 2.75) is 38.1 Å². The lowest BCUT2D eigenvalue weighted by Gasteiger charge is -2.24. The minimum absolute atomic E-state index is 0.286. The minimum Gasteiger partial charge on any atom is -0.480 e. The molecule has 2 rings (SSSR count). The van der Waals surface area contributed by atoms with Crippen LogP contribution in [-0.4, -0.2) is 58.6 Å². The summed E-state index contributed by atoms with van der Waals surface area (Å²) < 4.78 is 56.9. The zero-order valence-electron chi connectivity index (χ0n) is 14.2. The van der Waals surface area contributed by atoms with Crippen molar-refractivity contribution in [1.82, 2.24) is 4.90 Å². The lowest BCUT2D eigenvalue weighted by molar-refractivity contribution is -0.189. The Balaban J connectivity index is 2.30. The first-order chi connectivity index (χ1) is 12.5. The maximum absolute atomic E-state index is 14.2. The topological polar surface area (TPSA) is 99.1 Å². The number of anilines is 1. The highest BCUT2D eigenvalue weighted by Crippen LogP contribution is 2.31. The number of aromatic carboxylic acids is 1. The predicted octanol–water partition coefficient (Wildman–Crippen LogP) is 2.84. The van der Waals surface area contributed by atoms with Crippen LogP contribution in [0.25, 0.3) is 0 Å². The van der Waals surface area contributed by atoms with Gasteiger partial charge in [-0.2, -0.15) is 13.2 Å². The van der Waals surface area contributed by atoms with Gasteiger partial charge in [-0.3, -0.25) is 0 Å². The van der Waals surface area contributed by atoms with E-state index in [-0.39, 0.29) is 6.61 Å². The van der Waals surface area contributed by atoms with E-state index in [4.69, 9.17) is 5.11 Å². The Morgan fingerprint density at radius 3 is 2.63 bits per heavy atom. The van der Waals surface area contributed by atoms with Crippen LogP contribution in [0.3, 0.4) is 0 Å². The van der Waals surface area contributed by atoms with Crippen molar-refractivity contribution in [2.75, 3.05) is 18.5 Å². The number of aliphatic hydroxyl groups excluding tert-OH is 1. The fraction of sp³-hybridized carbons (Fsp3) is 0.500. The summed E-state index contributed by atoms with van der Waals surface area (Å²) in [4.78, 5) is 24.7. The average molecular weight is 394 g/mol. The van der Waals surface area contributed by atoms with Crippen molar-refractivity contribution >= 4 is 17.7 Å². The average Bonchev–Trinajstić information content (AvgIpc) is 3.05. The van der Waals surface area contributed by atoms with Crippen molar-refractivity contribution in [3.63, 3.8) is 0 Å².